The van der Waals surface area contributed by atoms with E-state index in [1.807, 2.05) is 18.2 Å². The molecule has 0 saturated carbocycles. The van der Waals surface area contributed by atoms with Gasteiger partial charge in [-0.05, 0) is 49.0 Å². The number of rotatable bonds is 5. The number of H-pyrrole nitrogens is 1. The summed E-state index contributed by atoms with van der Waals surface area (Å²) in [5, 5.41) is 12.9. The molecule has 0 fully saturated rings. The molecule has 1 atom stereocenters. The van der Waals surface area contributed by atoms with Gasteiger partial charge in [-0.2, -0.15) is 0 Å². The van der Waals surface area contributed by atoms with Crippen LogP contribution in [-0.4, -0.2) is 33.2 Å². The lowest BCUT2D eigenvalue weighted by molar-refractivity contribution is 0.0924. The molecule has 0 aliphatic heterocycles. The fourth-order valence-electron chi connectivity index (χ4n) is 2.68. The van der Waals surface area contributed by atoms with E-state index in [1.54, 1.807) is 31.2 Å². The second-order valence-corrected chi connectivity index (χ2v) is 7.03. The van der Waals surface area contributed by atoms with Crippen LogP contribution in [0.1, 0.15) is 22.8 Å². The normalized spacial score (nSPS) is 12.1. The summed E-state index contributed by atoms with van der Waals surface area (Å²) in [5.74, 6) is -0.336. The van der Waals surface area contributed by atoms with Crippen LogP contribution in [0, 0.1) is 4.77 Å². The number of carbonyl (C=O) groups excluding carboxylic acids is 1. The summed E-state index contributed by atoms with van der Waals surface area (Å²) in [7, 11) is 0. The minimum atomic E-state index is -0.641. The Bertz CT molecular complexity index is 1120. The molecule has 6 nitrogen and oxygen atoms in total. The highest BCUT2D eigenvalue weighted by molar-refractivity contribution is 7.71. The Morgan fingerprint density at radius 1 is 1.33 bits per heavy atom. The fraction of sp³-hybridized carbons (Fsp3) is 0.211. The summed E-state index contributed by atoms with van der Waals surface area (Å²) in [6.07, 6.45) is -0.641. The number of halogens is 1. The Morgan fingerprint density at radius 3 is 2.78 bits per heavy atom. The molecule has 0 aliphatic rings. The lowest BCUT2D eigenvalue weighted by Gasteiger charge is -2.11. The van der Waals surface area contributed by atoms with E-state index >= 15 is 0 Å². The number of aromatic amines is 1. The first-order valence-electron chi connectivity index (χ1n) is 8.33. The molecule has 8 heteroatoms. The molecular weight excluding hydrogens is 386 g/mol. The number of amides is 1. The van der Waals surface area contributed by atoms with Crippen LogP contribution >= 0.6 is 23.8 Å². The number of nitrogens with zero attached hydrogens (tertiary/aromatic N) is 1. The average Bonchev–Trinajstić information content (AvgIpc) is 2.64. The standard InChI is InChI=1S/C19H18ClN3O3S/c1-11(24)9-21-17(25)12-6-7-14-16(8-12)22-19(27)23(18(14)26)10-13-4-2-3-5-15(13)20/h2-8,11,24H,9-10H2,1H3,(H,21,25)(H,22,27). The van der Waals surface area contributed by atoms with Crippen molar-refractivity contribution >= 4 is 40.6 Å². The van der Waals surface area contributed by atoms with Gasteiger partial charge < -0.3 is 15.4 Å². The summed E-state index contributed by atoms with van der Waals surface area (Å²) in [4.78, 5) is 28.0. The molecule has 0 bridgehead atoms. The number of nitrogens with one attached hydrogen (secondary N) is 2. The van der Waals surface area contributed by atoms with Crippen molar-refractivity contribution in [1.82, 2.24) is 14.9 Å². The molecule has 0 radical (unpaired) electrons. The molecule has 3 N–H and O–H groups in total. The number of aliphatic hydroxyl groups is 1. The van der Waals surface area contributed by atoms with Gasteiger partial charge in [0.15, 0.2) is 4.77 Å². The van der Waals surface area contributed by atoms with Crippen LogP contribution < -0.4 is 10.9 Å². The topological polar surface area (TPSA) is 87.1 Å². The van der Waals surface area contributed by atoms with Crippen molar-refractivity contribution in [3.05, 3.63) is 73.7 Å². The Labute approximate surface area is 165 Å². The highest BCUT2D eigenvalue weighted by Gasteiger charge is 2.12. The van der Waals surface area contributed by atoms with E-state index < -0.39 is 6.10 Å². The van der Waals surface area contributed by atoms with Crippen molar-refractivity contribution in [2.45, 2.75) is 19.6 Å². The van der Waals surface area contributed by atoms with Crippen LogP contribution in [0.25, 0.3) is 10.9 Å². The van der Waals surface area contributed by atoms with Gasteiger partial charge in [-0.3, -0.25) is 14.2 Å². The Balaban J connectivity index is 1.99. The van der Waals surface area contributed by atoms with Crippen molar-refractivity contribution < 1.29 is 9.90 Å². The maximum absolute atomic E-state index is 12.9. The number of carbonyl (C=O) groups is 1. The second-order valence-electron chi connectivity index (χ2n) is 6.23. The predicted octanol–water partition coefficient (Wildman–Crippen LogP) is 2.87. The summed E-state index contributed by atoms with van der Waals surface area (Å²) in [6, 6.07) is 12.0. The van der Waals surface area contributed by atoms with Crippen LogP contribution in [-0.2, 0) is 6.54 Å². The maximum atomic E-state index is 12.9. The van der Waals surface area contributed by atoms with E-state index in [1.165, 1.54) is 4.57 Å². The molecule has 3 rings (SSSR count). The lowest BCUT2D eigenvalue weighted by atomic mass is 10.1. The van der Waals surface area contributed by atoms with Gasteiger partial charge in [0.25, 0.3) is 11.5 Å². The Morgan fingerprint density at radius 2 is 2.07 bits per heavy atom. The number of fused-ring (bicyclic) bond motifs is 1. The third-order valence-corrected chi connectivity index (χ3v) is 4.78. The Hall–Kier alpha value is -2.48. The number of aliphatic hydroxyl groups excluding tert-OH is 1. The highest BCUT2D eigenvalue weighted by atomic mass is 35.5. The Kier molecular flexibility index (Phi) is 5.74. The van der Waals surface area contributed by atoms with E-state index in [9.17, 15) is 14.7 Å². The zero-order valence-corrected chi connectivity index (χ0v) is 16.1. The van der Waals surface area contributed by atoms with Crippen LogP contribution in [0.2, 0.25) is 5.02 Å². The van der Waals surface area contributed by atoms with Crippen molar-refractivity contribution in [3.63, 3.8) is 0 Å². The van der Waals surface area contributed by atoms with Crippen LogP contribution in [0.15, 0.2) is 47.3 Å². The van der Waals surface area contributed by atoms with Crippen molar-refractivity contribution in [1.29, 1.82) is 0 Å². The summed E-state index contributed by atoms with van der Waals surface area (Å²) >= 11 is 11.5. The van der Waals surface area contributed by atoms with Gasteiger partial charge >= 0.3 is 0 Å². The van der Waals surface area contributed by atoms with Crippen LogP contribution in [0.5, 0.6) is 0 Å². The first kappa shape index (κ1) is 19.3. The second kappa shape index (κ2) is 8.04. The smallest absolute Gasteiger partial charge is 0.262 e. The molecule has 1 unspecified atom stereocenters. The summed E-state index contributed by atoms with van der Waals surface area (Å²) in [5.41, 5.74) is 1.38. The van der Waals surface area contributed by atoms with E-state index in [0.29, 0.717) is 21.5 Å². The van der Waals surface area contributed by atoms with Crippen LogP contribution in [0.4, 0.5) is 0 Å². The van der Waals surface area contributed by atoms with Gasteiger partial charge in [-0.1, -0.05) is 29.8 Å². The van der Waals surface area contributed by atoms with Gasteiger partial charge in [0.2, 0.25) is 0 Å². The zero-order valence-electron chi connectivity index (χ0n) is 14.5. The maximum Gasteiger partial charge on any atom is 0.262 e. The number of hydrogen-bond acceptors (Lipinski definition) is 4. The molecular formula is C19H18ClN3O3S. The number of aromatic nitrogens is 2. The molecule has 1 amide bonds. The summed E-state index contributed by atoms with van der Waals surface area (Å²) in [6.45, 7) is 1.98. The highest BCUT2D eigenvalue weighted by Crippen LogP contribution is 2.17. The fourth-order valence-corrected chi connectivity index (χ4v) is 3.13. The minimum absolute atomic E-state index is 0.145. The van der Waals surface area contributed by atoms with E-state index in [4.69, 9.17) is 23.8 Å². The molecule has 27 heavy (non-hydrogen) atoms. The van der Waals surface area contributed by atoms with E-state index in [-0.39, 0.29) is 29.3 Å². The minimum Gasteiger partial charge on any atom is -0.392 e. The molecule has 2 aromatic carbocycles. The first-order chi connectivity index (χ1) is 12.9. The molecule has 1 aromatic heterocycles. The van der Waals surface area contributed by atoms with Gasteiger partial charge in [-0.15, -0.1) is 0 Å². The number of benzene rings is 2. The number of hydrogen-bond donors (Lipinski definition) is 3. The monoisotopic (exact) mass is 403 g/mol. The van der Waals surface area contributed by atoms with Gasteiger partial charge in [0, 0.05) is 17.1 Å². The molecule has 140 valence electrons. The zero-order chi connectivity index (χ0) is 19.6. The average molecular weight is 404 g/mol. The molecule has 0 spiro atoms. The van der Waals surface area contributed by atoms with Gasteiger partial charge in [0.1, 0.15) is 0 Å². The van der Waals surface area contributed by atoms with E-state index in [0.717, 1.165) is 5.56 Å². The lowest BCUT2D eigenvalue weighted by Crippen LogP contribution is -2.30. The van der Waals surface area contributed by atoms with Crippen LogP contribution in [0.3, 0.4) is 0 Å². The molecule has 0 saturated heterocycles. The third-order valence-electron chi connectivity index (χ3n) is 4.09. The van der Waals surface area contributed by atoms with Crippen molar-refractivity contribution in [3.8, 4) is 0 Å². The van der Waals surface area contributed by atoms with Crippen molar-refractivity contribution in [2.24, 2.45) is 0 Å². The van der Waals surface area contributed by atoms with Gasteiger partial charge in [0.05, 0.1) is 23.6 Å². The SMILES string of the molecule is CC(O)CNC(=O)c1ccc2c(=O)n(Cc3ccccc3Cl)c(=S)[nH]c2c1. The third kappa shape index (κ3) is 4.27. The molecule has 3 aromatic rings. The van der Waals surface area contributed by atoms with E-state index in [2.05, 4.69) is 10.3 Å². The quantitative estimate of drug-likeness (QED) is 0.572. The largest absolute Gasteiger partial charge is 0.392 e. The first-order valence-corrected chi connectivity index (χ1v) is 9.12. The van der Waals surface area contributed by atoms with Crippen molar-refractivity contribution in [2.75, 3.05) is 6.54 Å². The van der Waals surface area contributed by atoms with Gasteiger partial charge in [-0.25, -0.2) is 0 Å². The molecule has 0 aliphatic carbocycles. The summed E-state index contributed by atoms with van der Waals surface area (Å²) < 4.78 is 1.68. The molecule has 1 heterocycles. The predicted molar refractivity (Wildman–Crippen MR) is 108 cm³/mol.